The Hall–Kier alpha value is -0.120. The summed E-state index contributed by atoms with van der Waals surface area (Å²) in [5, 5.41) is 3.57. The van der Waals surface area contributed by atoms with Crippen molar-refractivity contribution in [1.29, 1.82) is 0 Å². The van der Waals surface area contributed by atoms with Crippen molar-refractivity contribution in [3.8, 4) is 0 Å². The van der Waals surface area contributed by atoms with Gasteiger partial charge >= 0.3 is 0 Å². The van der Waals surface area contributed by atoms with Gasteiger partial charge in [0, 0.05) is 38.8 Å². The maximum Gasteiger partial charge on any atom is 0.0110 e. The van der Waals surface area contributed by atoms with Crippen molar-refractivity contribution in [2.24, 2.45) is 5.92 Å². The van der Waals surface area contributed by atoms with Crippen LogP contribution >= 0.6 is 0 Å². The predicted molar refractivity (Wildman–Crippen MR) is 89.3 cm³/mol. The topological polar surface area (TPSA) is 18.5 Å². The van der Waals surface area contributed by atoms with Gasteiger partial charge in [-0.15, -0.1) is 0 Å². The number of piperazine rings is 1. The van der Waals surface area contributed by atoms with Crippen LogP contribution in [0.25, 0.3) is 0 Å². The summed E-state index contributed by atoms with van der Waals surface area (Å²) in [5.41, 5.74) is 0. The van der Waals surface area contributed by atoms with Crippen molar-refractivity contribution < 1.29 is 0 Å². The summed E-state index contributed by atoms with van der Waals surface area (Å²) in [4.78, 5) is 5.28. The van der Waals surface area contributed by atoms with Crippen LogP contribution in [0.2, 0.25) is 0 Å². The first-order chi connectivity index (χ1) is 9.61. The van der Waals surface area contributed by atoms with Crippen LogP contribution in [0.5, 0.6) is 0 Å². The average Bonchev–Trinajstić information content (AvgIpc) is 2.42. The van der Waals surface area contributed by atoms with E-state index in [1.165, 1.54) is 71.5 Å². The average molecular weight is 284 g/mol. The highest BCUT2D eigenvalue weighted by Gasteiger charge is 2.16. The minimum atomic E-state index is 0.692. The van der Waals surface area contributed by atoms with Gasteiger partial charge in [0.2, 0.25) is 0 Å². The van der Waals surface area contributed by atoms with Crippen LogP contribution in [0.1, 0.15) is 53.4 Å². The molecule has 120 valence electrons. The predicted octanol–water partition coefficient (Wildman–Crippen LogP) is 2.82. The molecule has 0 aliphatic carbocycles. The zero-order valence-electron chi connectivity index (χ0n) is 14.3. The van der Waals surface area contributed by atoms with Gasteiger partial charge in [-0.3, -0.25) is 0 Å². The van der Waals surface area contributed by atoms with Gasteiger partial charge in [-0.25, -0.2) is 0 Å². The molecule has 1 aliphatic heterocycles. The molecule has 0 spiro atoms. The van der Waals surface area contributed by atoms with Crippen molar-refractivity contribution in [3.63, 3.8) is 0 Å². The molecule has 1 heterocycles. The Morgan fingerprint density at radius 2 is 1.60 bits per heavy atom. The molecular formula is C17H37N3. The van der Waals surface area contributed by atoms with Crippen molar-refractivity contribution in [1.82, 2.24) is 15.1 Å². The Labute approximate surface area is 127 Å². The van der Waals surface area contributed by atoms with Gasteiger partial charge in [0.1, 0.15) is 0 Å². The van der Waals surface area contributed by atoms with E-state index in [0.717, 1.165) is 5.92 Å². The van der Waals surface area contributed by atoms with E-state index in [-0.39, 0.29) is 0 Å². The number of unbranched alkanes of at least 4 members (excludes halogenated alkanes) is 1. The molecule has 3 heteroatoms. The van der Waals surface area contributed by atoms with Crippen LogP contribution in [0.3, 0.4) is 0 Å². The molecule has 0 aromatic carbocycles. The van der Waals surface area contributed by atoms with E-state index in [4.69, 9.17) is 0 Å². The van der Waals surface area contributed by atoms with Gasteiger partial charge in [-0.05, 0) is 45.2 Å². The Balaban J connectivity index is 1.98. The summed E-state index contributed by atoms with van der Waals surface area (Å²) in [7, 11) is 0. The molecule has 0 amide bonds. The lowest BCUT2D eigenvalue weighted by atomic mass is 10.1. The third-order valence-electron chi connectivity index (χ3n) is 4.19. The highest BCUT2D eigenvalue weighted by molar-refractivity contribution is 4.72. The molecule has 1 atom stereocenters. The second-order valence-corrected chi connectivity index (χ2v) is 6.89. The van der Waals surface area contributed by atoms with Crippen LogP contribution in [-0.2, 0) is 0 Å². The first-order valence-corrected chi connectivity index (χ1v) is 8.80. The van der Waals surface area contributed by atoms with Crippen molar-refractivity contribution in [2.45, 2.75) is 59.4 Å². The third kappa shape index (κ3) is 8.23. The quantitative estimate of drug-likeness (QED) is 0.622. The second-order valence-electron chi connectivity index (χ2n) is 6.89. The van der Waals surface area contributed by atoms with E-state index < -0.39 is 0 Å². The molecule has 3 nitrogen and oxygen atoms in total. The maximum atomic E-state index is 3.57. The minimum absolute atomic E-state index is 0.692. The Morgan fingerprint density at radius 3 is 2.20 bits per heavy atom. The fraction of sp³-hybridized carbons (Fsp3) is 1.00. The van der Waals surface area contributed by atoms with E-state index in [1.54, 1.807) is 0 Å². The Bertz CT molecular complexity index is 222. The first-order valence-electron chi connectivity index (χ1n) is 8.80. The molecule has 0 radical (unpaired) electrons. The van der Waals surface area contributed by atoms with Crippen LogP contribution in [0, 0.1) is 5.92 Å². The standard InChI is InChI=1S/C17H37N3/c1-5-9-18-17(4)8-6-7-10-19-11-13-20(14-12-19)15-16(2)3/h16-18H,5-15H2,1-4H3. The maximum absolute atomic E-state index is 3.57. The van der Waals surface area contributed by atoms with Gasteiger partial charge in [0.15, 0.2) is 0 Å². The zero-order valence-corrected chi connectivity index (χ0v) is 14.3. The Morgan fingerprint density at radius 1 is 0.950 bits per heavy atom. The summed E-state index contributed by atoms with van der Waals surface area (Å²) in [6.07, 6.45) is 5.30. The molecule has 1 fully saturated rings. The summed E-state index contributed by atoms with van der Waals surface area (Å²) >= 11 is 0. The largest absolute Gasteiger partial charge is 0.314 e. The number of hydrogen-bond acceptors (Lipinski definition) is 3. The normalized spacial score (nSPS) is 19.6. The van der Waals surface area contributed by atoms with E-state index in [0.29, 0.717) is 6.04 Å². The van der Waals surface area contributed by atoms with Crippen molar-refractivity contribution >= 4 is 0 Å². The van der Waals surface area contributed by atoms with Crippen LogP contribution in [-0.4, -0.2) is 61.7 Å². The molecule has 1 rings (SSSR count). The van der Waals surface area contributed by atoms with Gasteiger partial charge < -0.3 is 15.1 Å². The van der Waals surface area contributed by atoms with Gasteiger partial charge in [0.05, 0.1) is 0 Å². The van der Waals surface area contributed by atoms with Crippen molar-refractivity contribution in [2.75, 3.05) is 45.8 Å². The van der Waals surface area contributed by atoms with Crippen LogP contribution in [0.15, 0.2) is 0 Å². The second kappa shape index (κ2) is 10.6. The number of rotatable bonds is 10. The first kappa shape index (κ1) is 17.9. The summed E-state index contributed by atoms with van der Waals surface area (Å²) < 4.78 is 0. The molecule has 0 bridgehead atoms. The van der Waals surface area contributed by atoms with E-state index in [9.17, 15) is 0 Å². The fourth-order valence-electron chi connectivity index (χ4n) is 2.99. The van der Waals surface area contributed by atoms with Gasteiger partial charge in [-0.2, -0.15) is 0 Å². The molecular weight excluding hydrogens is 246 g/mol. The smallest absolute Gasteiger partial charge is 0.0110 e. The summed E-state index contributed by atoms with van der Waals surface area (Å²) in [6, 6.07) is 0.692. The van der Waals surface area contributed by atoms with Crippen LogP contribution < -0.4 is 5.32 Å². The van der Waals surface area contributed by atoms with Crippen LogP contribution in [0.4, 0.5) is 0 Å². The number of nitrogens with one attached hydrogen (secondary N) is 1. The van der Waals surface area contributed by atoms with Gasteiger partial charge in [0.25, 0.3) is 0 Å². The van der Waals surface area contributed by atoms with E-state index in [2.05, 4.69) is 42.8 Å². The van der Waals surface area contributed by atoms with Gasteiger partial charge in [-0.1, -0.05) is 27.2 Å². The summed E-state index contributed by atoms with van der Waals surface area (Å²) in [6.45, 7) is 18.0. The lowest BCUT2D eigenvalue weighted by Gasteiger charge is -2.35. The zero-order chi connectivity index (χ0) is 14.8. The minimum Gasteiger partial charge on any atom is -0.314 e. The lowest BCUT2D eigenvalue weighted by molar-refractivity contribution is 0.120. The molecule has 1 aliphatic rings. The monoisotopic (exact) mass is 283 g/mol. The lowest BCUT2D eigenvalue weighted by Crippen LogP contribution is -2.47. The molecule has 20 heavy (non-hydrogen) atoms. The molecule has 1 N–H and O–H groups in total. The molecule has 0 aromatic heterocycles. The van der Waals surface area contributed by atoms with Crippen molar-refractivity contribution in [3.05, 3.63) is 0 Å². The third-order valence-corrected chi connectivity index (χ3v) is 4.19. The van der Waals surface area contributed by atoms with E-state index in [1.807, 2.05) is 0 Å². The molecule has 0 aromatic rings. The fourth-order valence-corrected chi connectivity index (χ4v) is 2.99. The number of nitrogens with zero attached hydrogens (tertiary/aromatic N) is 2. The molecule has 1 saturated heterocycles. The molecule has 1 unspecified atom stereocenters. The highest BCUT2D eigenvalue weighted by atomic mass is 15.3. The molecule has 0 saturated carbocycles. The number of hydrogen-bond donors (Lipinski definition) is 1. The Kier molecular flexibility index (Phi) is 9.49. The SMILES string of the molecule is CCCNC(C)CCCCN1CCN(CC(C)C)CC1. The summed E-state index contributed by atoms with van der Waals surface area (Å²) in [5.74, 6) is 0.804. The highest BCUT2D eigenvalue weighted by Crippen LogP contribution is 2.08. The van der Waals surface area contributed by atoms with E-state index >= 15 is 0 Å².